The highest BCUT2D eigenvalue weighted by atomic mass is 15.1. The largest absolute Gasteiger partial charge is 0.306 e. The molecule has 0 bridgehead atoms. The maximum Gasteiger partial charge on any atom is 0.00643 e. The molecule has 0 aromatic carbocycles. The number of likely N-dealkylation sites (tertiary alicyclic amines) is 2. The first-order valence-electron chi connectivity index (χ1n) is 8.16. The van der Waals surface area contributed by atoms with Crippen LogP contribution in [0.1, 0.15) is 65.2 Å². The molecule has 2 aliphatic heterocycles. The smallest absolute Gasteiger partial charge is 0.00643 e. The Hall–Kier alpha value is -0.0800. The predicted molar refractivity (Wildman–Crippen MR) is 81.1 cm³/mol. The van der Waals surface area contributed by atoms with Crippen molar-refractivity contribution in [1.29, 1.82) is 0 Å². The molecule has 2 heterocycles. The van der Waals surface area contributed by atoms with Crippen molar-refractivity contribution in [3.8, 4) is 0 Å². The van der Waals surface area contributed by atoms with Crippen molar-refractivity contribution in [1.82, 2.24) is 9.80 Å². The zero-order valence-electron chi connectivity index (χ0n) is 13.0. The van der Waals surface area contributed by atoms with E-state index >= 15 is 0 Å². The summed E-state index contributed by atoms with van der Waals surface area (Å²) >= 11 is 0. The Morgan fingerprint density at radius 1 is 0.778 bits per heavy atom. The van der Waals surface area contributed by atoms with E-state index in [-0.39, 0.29) is 0 Å². The zero-order valence-corrected chi connectivity index (χ0v) is 13.0. The molecule has 108 valence electrons. The van der Waals surface area contributed by atoms with Gasteiger partial charge in [-0.05, 0) is 72.3 Å². The Labute approximate surface area is 115 Å². The van der Waals surface area contributed by atoms with E-state index in [1.807, 2.05) is 0 Å². The molecule has 2 rings (SSSR count). The van der Waals surface area contributed by atoms with Crippen LogP contribution in [0.5, 0.6) is 0 Å². The maximum absolute atomic E-state index is 2.65. The third-order valence-electron chi connectivity index (χ3n) is 4.43. The van der Waals surface area contributed by atoms with E-state index in [9.17, 15) is 0 Å². The van der Waals surface area contributed by atoms with Gasteiger partial charge in [0.05, 0.1) is 0 Å². The van der Waals surface area contributed by atoms with Crippen molar-refractivity contribution in [2.75, 3.05) is 33.2 Å². The van der Waals surface area contributed by atoms with Gasteiger partial charge in [-0.1, -0.05) is 26.2 Å². The van der Waals surface area contributed by atoms with Crippen molar-refractivity contribution >= 4 is 0 Å². The molecule has 0 aliphatic carbocycles. The second kappa shape index (κ2) is 9.80. The second-order valence-corrected chi connectivity index (χ2v) is 6.07. The summed E-state index contributed by atoms with van der Waals surface area (Å²) in [4.78, 5) is 5.04. The molecule has 1 atom stereocenters. The van der Waals surface area contributed by atoms with Crippen LogP contribution in [0.15, 0.2) is 0 Å². The van der Waals surface area contributed by atoms with Gasteiger partial charge in [0.25, 0.3) is 0 Å². The number of nitrogens with zero attached hydrogens (tertiary/aromatic N) is 2. The molecule has 2 nitrogen and oxygen atoms in total. The highest BCUT2D eigenvalue weighted by Gasteiger charge is 2.13. The Bertz CT molecular complexity index is 180. The lowest BCUT2D eigenvalue weighted by Crippen LogP contribution is -2.33. The second-order valence-electron chi connectivity index (χ2n) is 6.07. The van der Waals surface area contributed by atoms with Crippen LogP contribution in [0.25, 0.3) is 0 Å². The van der Waals surface area contributed by atoms with Crippen molar-refractivity contribution in [2.24, 2.45) is 0 Å². The van der Waals surface area contributed by atoms with Crippen LogP contribution in [0.2, 0.25) is 0 Å². The van der Waals surface area contributed by atoms with Crippen LogP contribution in [0.3, 0.4) is 0 Å². The van der Waals surface area contributed by atoms with Crippen LogP contribution in [0.4, 0.5) is 0 Å². The summed E-state index contributed by atoms with van der Waals surface area (Å²) in [5, 5.41) is 0. The molecule has 1 unspecified atom stereocenters. The third-order valence-corrected chi connectivity index (χ3v) is 4.43. The summed E-state index contributed by atoms with van der Waals surface area (Å²) in [5.41, 5.74) is 0. The van der Waals surface area contributed by atoms with Gasteiger partial charge in [0, 0.05) is 6.04 Å². The summed E-state index contributed by atoms with van der Waals surface area (Å²) in [6.45, 7) is 9.96. The van der Waals surface area contributed by atoms with E-state index in [1.54, 1.807) is 0 Å². The molecule has 2 aliphatic rings. The summed E-state index contributed by atoms with van der Waals surface area (Å²) in [5.74, 6) is 0. The number of hydrogen-bond acceptors (Lipinski definition) is 2. The maximum atomic E-state index is 2.65. The highest BCUT2D eigenvalue weighted by molar-refractivity contribution is 4.68. The summed E-state index contributed by atoms with van der Waals surface area (Å²) in [6, 6.07) is 0.813. The Balaban J connectivity index is 0.000000199. The van der Waals surface area contributed by atoms with Crippen molar-refractivity contribution < 1.29 is 0 Å². The standard InChI is InChI=1S/C10H21N.C6H13N/c1-3-10(2)11-8-6-4-5-7-9-11;1-7-5-3-2-4-6-7/h10H,3-9H2,1-2H3;2-6H2,1H3. The molecule has 18 heavy (non-hydrogen) atoms. The lowest BCUT2D eigenvalue weighted by molar-refractivity contribution is 0.212. The fraction of sp³-hybridized carbons (Fsp3) is 1.00. The summed E-state index contributed by atoms with van der Waals surface area (Å²) < 4.78 is 0. The van der Waals surface area contributed by atoms with Gasteiger partial charge in [0.15, 0.2) is 0 Å². The molecule has 0 saturated carbocycles. The first-order valence-corrected chi connectivity index (χ1v) is 8.16. The fourth-order valence-corrected chi connectivity index (χ4v) is 2.85. The minimum atomic E-state index is 0.813. The van der Waals surface area contributed by atoms with E-state index in [1.165, 1.54) is 77.5 Å². The van der Waals surface area contributed by atoms with Crippen molar-refractivity contribution in [2.45, 2.75) is 71.3 Å². The Morgan fingerprint density at radius 3 is 1.61 bits per heavy atom. The topological polar surface area (TPSA) is 6.48 Å². The van der Waals surface area contributed by atoms with Crippen LogP contribution < -0.4 is 0 Å². The average Bonchev–Trinajstić information content (AvgIpc) is 2.68. The zero-order chi connectivity index (χ0) is 13.2. The Kier molecular flexibility index (Phi) is 8.70. The lowest BCUT2D eigenvalue weighted by atomic mass is 10.1. The molecule has 2 heteroatoms. The van der Waals surface area contributed by atoms with Gasteiger partial charge in [0.2, 0.25) is 0 Å². The molecule has 0 spiro atoms. The summed E-state index contributed by atoms with van der Waals surface area (Å²) in [6.07, 6.45) is 11.3. The third kappa shape index (κ3) is 6.75. The van der Waals surface area contributed by atoms with Gasteiger partial charge >= 0.3 is 0 Å². The van der Waals surface area contributed by atoms with Gasteiger partial charge in [0.1, 0.15) is 0 Å². The van der Waals surface area contributed by atoms with E-state index < -0.39 is 0 Å². The molecule has 0 aromatic rings. The highest BCUT2D eigenvalue weighted by Crippen LogP contribution is 2.13. The van der Waals surface area contributed by atoms with Crippen LogP contribution in [-0.4, -0.2) is 49.1 Å². The quantitative estimate of drug-likeness (QED) is 0.740. The molecule has 0 N–H and O–H groups in total. The number of rotatable bonds is 2. The first kappa shape index (κ1) is 16.0. The molecule has 0 amide bonds. The molecular weight excluding hydrogens is 220 g/mol. The van der Waals surface area contributed by atoms with Gasteiger partial charge in [-0.15, -0.1) is 0 Å². The average molecular weight is 254 g/mol. The minimum absolute atomic E-state index is 0.813. The van der Waals surface area contributed by atoms with Crippen LogP contribution >= 0.6 is 0 Å². The normalized spacial score (nSPS) is 24.8. The predicted octanol–water partition coefficient (Wildman–Crippen LogP) is 3.76. The first-order chi connectivity index (χ1) is 8.74. The van der Waals surface area contributed by atoms with E-state index in [0.717, 1.165) is 6.04 Å². The van der Waals surface area contributed by atoms with Crippen LogP contribution in [-0.2, 0) is 0 Å². The van der Waals surface area contributed by atoms with Gasteiger partial charge < -0.3 is 9.80 Å². The fourth-order valence-electron chi connectivity index (χ4n) is 2.85. The molecule has 2 fully saturated rings. The number of hydrogen-bond donors (Lipinski definition) is 0. The monoisotopic (exact) mass is 254 g/mol. The number of piperidine rings is 1. The lowest BCUT2D eigenvalue weighted by Gasteiger charge is -2.26. The van der Waals surface area contributed by atoms with Gasteiger partial charge in [-0.2, -0.15) is 0 Å². The van der Waals surface area contributed by atoms with Crippen LogP contribution in [0, 0.1) is 0 Å². The molecule has 0 aromatic heterocycles. The minimum Gasteiger partial charge on any atom is -0.306 e. The van der Waals surface area contributed by atoms with E-state index in [2.05, 4.69) is 30.7 Å². The van der Waals surface area contributed by atoms with Gasteiger partial charge in [-0.3, -0.25) is 0 Å². The van der Waals surface area contributed by atoms with Crippen molar-refractivity contribution in [3.63, 3.8) is 0 Å². The molecular formula is C16H34N2. The SMILES string of the molecule is CCC(C)N1CCCCCC1.CN1CCCCC1. The van der Waals surface area contributed by atoms with Gasteiger partial charge in [-0.25, -0.2) is 0 Å². The summed E-state index contributed by atoms with van der Waals surface area (Å²) in [7, 11) is 2.19. The Morgan fingerprint density at radius 2 is 1.22 bits per heavy atom. The van der Waals surface area contributed by atoms with Crippen molar-refractivity contribution in [3.05, 3.63) is 0 Å². The van der Waals surface area contributed by atoms with E-state index in [0.29, 0.717) is 0 Å². The van der Waals surface area contributed by atoms with E-state index in [4.69, 9.17) is 0 Å². The molecule has 0 radical (unpaired) electrons. The molecule has 2 saturated heterocycles.